The number of aromatic hydroxyl groups is 1. The summed E-state index contributed by atoms with van der Waals surface area (Å²) in [7, 11) is 0. The van der Waals surface area contributed by atoms with Crippen molar-refractivity contribution >= 4 is 5.82 Å². The van der Waals surface area contributed by atoms with Gasteiger partial charge in [-0.3, -0.25) is 0 Å². The van der Waals surface area contributed by atoms with Crippen LogP contribution in [0.5, 0.6) is 5.75 Å². The number of morpholine rings is 1. The van der Waals surface area contributed by atoms with Gasteiger partial charge in [-0.1, -0.05) is 0 Å². The Balaban J connectivity index is 1.87. The molecule has 1 aromatic heterocycles. The average Bonchev–Trinajstić information content (AvgIpc) is 2.61. The molecule has 0 unspecified atom stereocenters. The van der Waals surface area contributed by atoms with Crippen molar-refractivity contribution < 1.29 is 28.1 Å². The molecule has 9 heteroatoms. The van der Waals surface area contributed by atoms with Crippen LogP contribution in [-0.2, 0) is 10.9 Å². The molecule has 1 aliphatic rings. The minimum atomic E-state index is -4.53. The van der Waals surface area contributed by atoms with Crippen molar-refractivity contribution in [2.24, 2.45) is 0 Å². The van der Waals surface area contributed by atoms with E-state index in [1.807, 2.05) is 4.90 Å². The van der Waals surface area contributed by atoms with E-state index in [9.17, 15) is 23.4 Å². The molecule has 1 aromatic carbocycles. The SMILES string of the molecule is Cc1cc(C(F)(F)F)cc(O)c1-c1ccc(N2CCO[C@H](CO)C2)nn1. The molecule has 1 fully saturated rings. The van der Waals surface area contributed by atoms with E-state index < -0.39 is 17.5 Å². The largest absolute Gasteiger partial charge is 0.507 e. The highest BCUT2D eigenvalue weighted by atomic mass is 19.4. The van der Waals surface area contributed by atoms with Gasteiger partial charge in [-0.15, -0.1) is 10.2 Å². The van der Waals surface area contributed by atoms with Gasteiger partial charge in [0.15, 0.2) is 5.82 Å². The van der Waals surface area contributed by atoms with Crippen LogP contribution in [0.15, 0.2) is 24.3 Å². The number of ether oxygens (including phenoxy) is 1. The van der Waals surface area contributed by atoms with Crippen molar-refractivity contribution in [3.63, 3.8) is 0 Å². The fourth-order valence-electron chi connectivity index (χ4n) is 2.93. The highest BCUT2D eigenvalue weighted by Gasteiger charge is 2.32. The molecule has 0 saturated carbocycles. The Morgan fingerprint density at radius 3 is 2.62 bits per heavy atom. The second kappa shape index (κ2) is 7.08. The van der Waals surface area contributed by atoms with E-state index in [2.05, 4.69) is 10.2 Å². The molecular formula is C17H18F3N3O3. The number of benzene rings is 1. The van der Waals surface area contributed by atoms with Crippen LogP contribution in [0.1, 0.15) is 11.1 Å². The van der Waals surface area contributed by atoms with Gasteiger partial charge in [-0.2, -0.15) is 13.2 Å². The van der Waals surface area contributed by atoms with Gasteiger partial charge in [-0.25, -0.2) is 0 Å². The Morgan fingerprint density at radius 1 is 1.27 bits per heavy atom. The Kier molecular flexibility index (Phi) is 5.01. The van der Waals surface area contributed by atoms with Crippen LogP contribution < -0.4 is 4.90 Å². The number of hydrogen-bond acceptors (Lipinski definition) is 6. The van der Waals surface area contributed by atoms with Gasteiger partial charge in [0.05, 0.1) is 30.6 Å². The number of phenolic OH excluding ortho intramolecular Hbond substituents is 1. The molecule has 140 valence electrons. The predicted molar refractivity (Wildman–Crippen MR) is 87.9 cm³/mol. The van der Waals surface area contributed by atoms with Crippen LogP contribution >= 0.6 is 0 Å². The summed E-state index contributed by atoms with van der Waals surface area (Å²) in [5.74, 6) is 0.0747. The molecule has 0 spiro atoms. The molecule has 0 aliphatic carbocycles. The molecule has 26 heavy (non-hydrogen) atoms. The van der Waals surface area contributed by atoms with Crippen molar-refractivity contribution in [1.29, 1.82) is 0 Å². The first-order chi connectivity index (χ1) is 12.3. The number of rotatable bonds is 3. The number of anilines is 1. The molecular weight excluding hydrogens is 351 g/mol. The fraction of sp³-hybridized carbons (Fsp3) is 0.412. The lowest BCUT2D eigenvalue weighted by Gasteiger charge is -2.32. The second-order valence-electron chi connectivity index (χ2n) is 6.08. The van der Waals surface area contributed by atoms with E-state index in [4.69, 9.17) is 4.74 Å². The molecule has 2 N–H and O–H groups in total. The smallest absolute Gasteiger partial charge is 0.416 e. The zero-order chi connectivity index (χ0) is 18.9. The Labute approximate surface area is 147 Å². The van der Waals surface area contributed by atoms with E-state index in [1.165, 1.54) is 6.92 Å². The van der Waals surface area contributed by atoms with Gasteiger partial charge in [-0.05, 0) is 36.8 Å². The quantitative estimate of drug-likeness (QED) is 0.865. The fourth-order valence-corrected chi connectivity index (χ4v) is 2.93. The average molecular weight is 369 g/mol. The maximum Gasteiger partial charge on any atom is 0.416 e. The first kappa shape index (κ1) is 18.4. The number of aliphatic hydroxyl groups is 1. The summed E-state index contributed by atoms with van der Waals surface area (Å²) >= 11 is 0. The lowest BCUT2D eigenvalue weighted by Crippen LogP contribution is -2.44. The van der Waals surface area contributed by atoms with Gasteiger partial charge >= 0.3 is 6.18 Å². The maximum atomic E-state index is 12.8. The van der Waals surface area contributed by atoms with E-state index >= 15 is 0 Å². The molecule has 0 radical (unpaired) electrons. The zero-order valence-corrected chi connectivity index (χ0v) is 14.0. The Bertz CT molecular complexity index is 758. The third-order valence-corrected chi connectivity index (χ3v) is 4.22. The molecule has 0 bridgehead atoms. The summed E-state index contributed by atoms with van der Waals surface area (Å²) < 4.78 is 43.9. The van der Waals surface area contributed by atoms with E-state index in [0.29, 0.717) is 31.6 Å². The highest BCUT2D eigenvalue weighted by molar-refractivity contribution is 5.71. The third-order valence-electron chi connectivity index (χ3n) is 4.22. The van der Waals surface area contributed by atoms with E-state index in [-0.39, 0.29) is 29.5 Å². The maximum absolute atomic E-state index is 12.8. The third kappa shape index (κ3) is 3.73. The van der Waals surface area contributed by atoms with Crippen molar-refractivity contribution in [2.75, 3.05) is 31.2 Å². The lowest BCUT2D eigenvalue weighted by molar-refractivity contribution is -0.137. The molecule has 2 heterocycles. The van der Waals surface area contributed by atoms with Crippen molar-refractivity contribution in [2.45, 2.75) is 19.2 Å². The topological polar surface area (TPSA) is 78.7 Å². The lowest BCUT2D eigenvalue weighted by atomic mass is 10.0. The standard InChI is InChI=1S/C17H18F3N3O3/c1-10-6-11(17(18,19)20)7-14(25)16(10)13-2-3-15(22-21-13)23-4-5-26-12(8-23)9-24/h2-3,6-7,12,24-25H,4-5,8-9H2,1H3/t12-/m0/s1. The van der Waals surface area contributed by atoms with Crippen LogP contribution in [-0.4, -0.2) is 52.8 Å². The number of aromatic nitrogens is 2. The summed E-state index contributed by atoms with van der Waals surface area (Å²) in [6, 6.07) is 4.93. The van der Waals surface area contributed by atoms with Crippen molar-refractivity contribution in [3.05, 3.63) is 35.4 Å². The molecule has 1 aliphatic heterocycles. The first-order valence-corrected chi connectivity index (χ1v) is 8.02. The van der Waals surface area contributed by atoms with Crippen LogP contribution in [0.2, 0.25) is 0 Å². The van der Waals surface area contributed by atoms with Gasteiger partial charge in [0, 0.05) is 18.7 Å². The number of hydrogen-bond donors (Lipinski definition) is 2. The summed E-state index contributed by atoms with van der Waals surface area (Å²) in [5.41, 5.74) is -0.160. The minimum absolute atomic E-state index is 0.0966. The summed E-state index contributed by atoms with van der Waals surface area (Å²) in [4.78, 5) is 1.90. The zero-order valence-electron chi connectivity index (χ0n) is 14.0. The number of aliphatic hydroxyl groups excluding tert-OH is 1. The number of alkyl halides is 3. The van der Waals surface area contributed by atoms with Gasteiger partial charge in [0.25, 0.3) is 0 Å². The first-order valence-electron chi connectivity index (χ1n) is 8.02. The summed E-state index contributed by atoms with van der Waals surface area (Å²) in [5, 5.41) is 27.4. The minimum Gasteiger partial charge on any atom is -0.507 e. The number of aryl methyl sites for hydroxylation is 1. The normalized spacial score (nSPS) is 18.2. The van der Waals surface area contributed by atoms with E-state index in [1.54, 1.807) is 12.1 Å². The number of phenols is 1. The number of halogens is 3. The molecule has 0 amide bonds. The second-order valence-corrected chi connectivity index (χ2v) is 6.08. The van der Waals surface area contributed by atoms with Crippen LogP contribution in [0.25, 0.3) is 11.3 Å². The van der Waals surface area contributed by atoms with Crippen molar-refractivity contribution in [3.8, 4) is 17.0 Å². The molecule has 6 nitrogen and oxygen atoms in total. The van der Waals surface area contributed by atoms with Crippen LogP contribution in [0.4, 0.5) is 19.0 Å². The van der Waals surface area contributed by atoms with E-state index in [0.717, 1.165) is 6.07 Å². The highest BCUT2D eigenvalue weighted by Crippen LogP contribution is 2.38. The summed E-state index contributed by atoms with van der Waals surface area (Å²) in [6.07, 6.45) is -4.83. The predicted octanol–water partition coefficient (Wildman–Crippen LogP) is 2.37. The van der Waals surface area contributed by atoms with Crippen molar-refractivity contribution in [1.82, 2.24) is 10.2 Å². The molecule has 1 saturated heterocycles. The number of nitrogens with zero attached hydrogens (tertiary/aromatic N) is 3. The van der Waals surface area contributed by atoms with Gasteiger partial charge in [0.2, 0.25) is 0 Å². The van der Waals surface area contributed by atoms with Gasteiger partial charge in [0.1, 0.15) is 5.75 Å². The van der Waals surface area contributed by atoms with Crippen LogP contribution in [0.3, 0.4) is 0 Å². The van der Waals surface area contributed by atoms with Gasteiger partial charge < -0.3 is 19.8 Å². The Morgan fingerprint density at radius 2 is 2.04 bits per heavy atom. The van der Waals surface area contributed by atoms with Crippen LogP contribution in [0, 0.1) is 6.92 Å². The monoisotopic (exact) mass is 369 g/mol. The Hall–Kier alpha value is -2.39. The molecule has 3 rings (SSSR count). The summed E-state index contributed by atoms with van der Waals surface area (Å²) in [6.45, 7) is 2.89. The molecule has 2 aromatic rings. The molecule has 1 atom stereocenters.